The van der Waals surface area contributed by atoms with E-state index in [4.69, 9.17) is 4.74 Å². The van der Waals surface area contributed by atoms with Gasteiger partial charge in [-0.05, 0) is 81.8 Å². The minimum absolute atomic E-state index is 0.0315. The summed E-state index contributed by atoms with van der Waals surface area (Å²) in [6.45, 7) is 8.42. The van der Waals surface area contributed by atoms with Crippen molar-refractivity contribution in [2.24, 2.45) is 23.2 Å². The maximum Gasteiger partial charge on any atom is 0.338 e. The molecule has 3 nitrogen and oxygen atoms in total. The van der Waals surface area contributed by atoms with E-state index in [2.05, 4.69) is 26.0 Å². The molecule has 0 bridgehead atoms. The summed E-state index contributed by atoms with van der Waals surface area (Å²) in [4.78, 5) is 12.6. The summed E-state index contributed by atoms with van der Waals surface area (Å²) < 4.78 is 6.02. The Balaban J connectivity index is 1.67. The normalized spacial score (nSPS) is 31.5. The van der Waals surface area contributed by atoms with Crippen LogP contribution in [0.1, 0.15) is 76.6 Å². The number of aliphatic hydroxyl groups is 1. The van der Waals surface area contributed by atoms with Crippen LogP contribution in [-0.2, 0) is 4.74 Å². The lowest BCUT2D eigenvalue weighted by molar-refractivity contribution is -0.0444. The second-order valence-electron chi connectivity index (χ2n) is 9.80. The van der Waals surface area contributed by atoms with Crippen LogP contribution < -0.4 is 0 Å². The van der Waals surface area contributed by atoms with Crippen molar-refractivity contribution in [3.8, 4) is 0 Å². The smallest absolute Gasteiger partial charge is 0.338 e. The first kappa shape index (κ1) is 21.1. The molecule has 28 heavy (non-hydrogen) atoms. The van der Waals surface area contributed by atoms with Gasteiger partial charge in [-0.15, -0.1) is 0 Å². The summed E-state index contributed by atoms with van der Waals surface area (Å²) in [6, 6.07) is 9.35. The Morgan fingerprint density at radius 1 is 1.29 bits per heavy atom. The summed E-state index contributed by atoms with van der Waals surface area (Å²) in [6.07, 6.45) is 10.8. The van der Waals surface area contributed by atoms with E-state index in [0.717, 1.165) is 19.3 Å². The summed E-state index contributed by atoms with van der Waals surface area (Å²) in [7, 11) is 0. The minimum atomic E-state index is -0.653. The van der Waals surface area contributed by atoms with Gasteiger partial charge in [0.25, 0.3) is 0 Å². The van der Waals surface area contributed by atoms with Crippen LogP contribution in [-0.4, -0.2) is 22.8 Å². The van der Waals surface area contributed by atoms with Crippen LogP contribution >= 0.6 is 0 Å². The molecule has 2 saturated carbocycles. The molecule has 1 N–H and O–H groups in total. The van der Waals surface area contributed by atoms with E-state index in [-0.39, 0.29) is 17.5 Å². The molecule has 0 aliphatic heterocycles. The molecule has 154 valence electrons. The fraction of sp³-hybridized carbons (Fsp3) is 0.640. The van der Waals surface area contributed by atoms with Gasteiger partial charge in [-0.2, -0.15) is 0 Å². The van der Waals surface area contributed by atoms with Crippen LogP contribution in [0.2, 0.25) is 0 Å². The summed E-state index contributed by atoms with van der Waals surface area (Å²) in [5.74, 6) is 1.34. The van der Waals surface area contributed by atoms with Crippen molar-refractivity contribution in [2.75, 3.05) is 0 Å². The van der Waals surface area contributed by atoms with Gasteiger partial charge in [-0.1, -0.05) is 44.2 Å². The predicted molar refractivity (Wildman–Crippen MR) is 113 cm³/mol. The SMILES string of the molecule is C[C@@H](/C=C/CC(C)(C)O)[C@H]1CC[C@H]2[C@@H](OC(=O)c3ccccc3)CCC[C@]12C. The average Bonchev–Trinajstić information content (AvgIpc) is 2.99. The molecule has 0 saturated heterocycles. The van der Waals surface area contributed by atoms with E-state index < -0.39 is 5.60 Å². The van der Waals surface area contributed by atoms with Crippen LogP contribution in [0.3, 0.4) is 0 Å². The van der Waals surface area contributed by atoms with Gasteiger partial charge in [-0.25, -0.2) is 4.79 Å². The quantitative estimate of drug-likeness (QED) is 0.499. The monoisotopic (exact) mass is 384 g/mol. The number of allylic oxidation sites excluding steroid dienone is 1. The van der Waals surface area contributed by atoms with E-state index in [1.807, 2.05) is 44.2 Å². The molecular weight excluding hydrogens is 348 g/mol. The third kappa shape index (κ3) is 4.68. The molecule has 0 heterocycles. The summed E-state index contributed by atoms with van der Waals surface area (Å²) in [5.41, 5.74) is 0.213. The Bertz CT molecular complexity index is 687. The lowest BCUT2D eigenvalue weighted by atomic mass is 9.62. The molecule has 1 aromatic rings. The Kier molecular flexibility index (Phi) is 6.34. The molecule has 1 aromatic carbocycles. The zero-order valence-electron chi connectivity index (χ0n) is 17.9. The fourth-order valence-corrected chi connectivity index (χ4v) is 5.65. The van der Waals surface area contributed by atoms with Gasteiger partial charge in [0.05, 0.1) is 11.2 Å². The van der Waals surface area contributed by atoms with Crippen molar-refractivity contribution < 1.29 is 14.6 Å². The molecule has 0 unspecified atom stereocenters. The molecule has 2 fully saturated rings. The number of esters is 1. The highest BCUT2D eigenvalue weighted by Crippen LogP contribution is 2.58. The number of carbonyl (C=O) groups excluding carboxylic acids is 1. The van der Waals surface area contributed by atoms with Gasteiger partial charge in [0, 0.05) is 5.92 Å². The zero-order valence-corrected chi connectivity index (χ0v) is 17.9. The Labute approximate surface area is 170 Å². The van der Waals surface area contributed by atoms with Crippen molar-refractivity contribution >= 4 is 5.97 Å². The van der Waals surface area contributed by atoms with E-state index in [1.54, 1.807) is 0 Å². The van der Waals surface area contributed by atoms with Gasteiger partial charge in [0.2, 0.25) is 0 Å². The molecule has 0 amide bonds. The maximum absolute atomic E-state index is 12.6. The first-order valence-electron chi connectivity index (χ1n) is 10.9. The van der Waals surface area contributed by atoms with Crippen molar-refractivity contribution in [2.45, 2.75) is 77.9 Å². The van der Waals surface area contributed by atoms with Crippen molar-refractivity contribution in [1.29, 1.82) is 0 Å². The molecule has 2 aliphatic carbocycles. The van der Waals surface area contributed by atoms with Crippen LogP contribution in [0.15, 0.2) is 42.5 Å². The molecule has 5 atom stereocenters. The Hall–Kier alpha value is -1.61. The summed E-state index contributed by atoms with van der Waals surface area (Å²) in [5, 5.41) is 9.95. The lowest BCUT2D eigenvalue weighted by Gasteiger charge is -2.45. The van der Waals surface area contributed by atoms with Crippen molar-refractivity contribution in [3.63, 3.8) is 0 Å². The third-order valence-electron chi connectivity index (χ3n) is 7.10. The third-order valence-corrected chi connectivity index (χ3v) is 7.10. The molecule has 0 aromatic heterocycles. The van der Waals surface area contributed by atoms with Gasteiger partial charge in [0.15, 0.2) is 0 Å². The van der Waals surface area contributed by atoms with Gasteiger partial charge < -0.3 is 9.84 Å². The first-order chi connectivity index (χ1) is 13.2. The lowest BCUT2D eigenvalue weighted by Crippen LogP contribution is -2.43. The Morgan fingerprint density at radius 2 is 2.00 bits per heavy atom. The zero-order chi connectivity index (χ0) is 20.4. The predicted octanol–water partition coefficient (Wildman–Crippen LogP) is 5.78. The number of fused-ring (bicyclic) bond motifs is 1. The van der Waals surface area contributed by atoms with Crippen molar-refractivity contribution in [1.82, 2.24) is 0 Å². The first-order valence-corrected chi connectivity index (χ1v) is 10.9. The number of rotatable bonds is 6. The minimum Gasteiger partial charge on any atom is -0.458 e. The van der Waals surface area contributed by atoms with Gasteiger partial charge in [0.1, 0.15) is 6.10 Å². The summed E-state index contributed by atoms with van der Waals surface area (Å²) >= 11 is 0. The average molecular weight is 385 g/mol. The van der Waals surface area contributed by atoms with E-state index in [1.165, 1.54) is 12.8 Å². The van der Waals surface area contributed by atoms with Gasteiger partial charge in [-0.3, -0.25) is 0 Å². The molecule has 3 heteroatoms. The van der Waals surface area contributed by atoms with Crippen LogP contribution in [0.5, 0.6) is 0 Å². The van der Waals surface area contributed by atoms with Crippen molar-refractivity contribution in [3.05, 3.63) is 48.0 Å². The number of ether oxygens (including phenoxy) is 1. The fourth-order valence-electron chi connectivity index (χ4n) is 5.65. The Morgan fingerprint density at radius 3 is 2.68 bits per heavy atom. The number of hydrogen-bond donors (Lipinski definition) is 1. The van der Waals surface area contributed by atoms with E-state index in [9.17, 15) is 9.90 Å². The molecule has 0 spiro atoms. The number of benzene rings is 1. The molecule has 0 radical (unpaired) electrons. The van der Waals surface area contributed by atoms with Crippen LogP contribution in [0.25, 0.3) is 0 Å². The van der Waals surface area contributed by atoms with E-state index >= 15 is 0 Å². The highest BCUT2D eigenvalue weighted by Gasteiger charge is 2.53. The number of hydrogen-bond acceptors (Lipinski definition) is 3. The molecule has 3 rings (SSSR count). The van der Waals surface area contributed by atoms with Gasteiger partial charge >= 0.3 is 5.97 Å². The molecular formula is C25H36O3. The standard InChI is InChI=1S/C25H36O3/c1-18(10-8-16-24(2,3)27)20-14-15-21-22(13-9-17-25(20,21)4)28-23(26)19-11-6-5-7-12-19/h5-8,10-12,18,20-22,27H,9,13-17H2,1-4H3/b10-8+/t18-,20+,21-,22-,25+/m0/s1. The van der Waals surface area contributed by atoms with Crippen LogP contribution in [0.4, 0.5) is 0 Å². The number of carbonyl (C=O) groups is 1. The van der Waals surface area contributed by atoms with Crippen LogP contribution in [0, 0.1) is 23.2 Å². The highest BCUT2D eigenvalue weighted by molar-refractivity contribution is 5.89. The van der Waals surface area contributed by atoms with E-state index in [0.29, 0.717) is 29.7 Å². The largest absolute Gasteiger partial charge is 0.458 e. The second-order valence-corrected chi connectivity index (χ2v) is 9.80. The second kappa shape index (κ2) is 8.41. The topological polar surface area (TPSA) is 46.5 Å². The maximum atomic E-state index is 12.6. The highest BCUT2D eigenvalue weighted by atomic mass is 16.5. The molecule has 2 aliphatic rings.